The molecule has 0 aromatic carbocycles. The van der Waals surface area contributed by atoms with E-state index in [-0.39, 0.29) is 0 Å². The molecule has 90 valence electrons. The van der Waals surface area contributed by atoms with Crippen molar-refractivity contribution in [2.45, 2.75) is 51.4 Å². The molecule has 1 unspecified atom stereocenters. The van der Waals surface area contributed by atoms with Gasteiger partial charge in [-0.1, -0.05) is 19.8 Å². The first-order valence-corrected chi connectivity index (χ1v) is 6.23. The van der Waals surface area contributed by atoms with Crippen molar-refractivity contribution in [1.82, 2.24) is 20.6 Å². The van der Waals surface area contributed by atoms with Crippen molar-refractivity contribution in [2.24, 2.45) is 11.1 Å². The van der Waals surface area contributed by atoms with Gasteiger partial charge in [-0.2, -0.15) is 0 Å². The van der Waals surface area contributed by atoms with E-state index in [1.807, 2.05) is 0 Å². The molecule has 0 saturated heterocycles. The van der Waals surface area contributed by atoms with E-state index in [1.165, 1.54) is 32.1 Å². The van der Waals surface area contributed by atoms with Crippen LogP contribution in [0, 0.1) is 5.41 Å². The molecule has 0 aliphatic heterocycles. The zero-order valence-electron chi connectivity index (χ0n) is 9.95. The Balaban J connectivity index is 1.92. The number of hydrogen-bond donors (Lipinski definition) is 2. The second kappa shape index (κ2) is 4.91. The van der Waals surface area contributed by atoms with Crippen molar-refractivity contribution in [2.75, 3.05) is 6.54 Å². The largest absolute Gasteiger partial charge is 0.330 e. The van der Waals surface area contributed by atoms with E-state index in [4.69, 9.17) is 5.73 Å². The first-order chi connectivity index (χ1) is 7.79. The van der Waals surface area contributed by atoms with E-state index in [9.17, 15) is 0 Å². The number of aromatic nitrogens is 4. The molecule has 1 aromatic heterocycles. The molecule has 0 bridgehead atoms. The third-order valence-corrected chi connectivity index (χ3v) is 3.73. The maximum atomic E-state index is 5.81. The molecule has 1 aliphatic carbocycles. The van der Waals surface area contributed by atoms with E-state index in [0.29, 0.717) is 17.9 Å². The van der Waals surface area contributed by atoms with Crippen molar-refractivity contribution in [3.05, 3.63) is 5.82 Å². The molecule has 1 saturated carbocycles. The first kappa shape index (κ1) is 11.5. The van der Waals surface area contributed by atoms with Gasteiger partial charge in [0.15, 0.2) is 5.82 Å². The molecule has 2 rings (SSSR count). The van der Waals surface area contributed by atoms with E-state index < -0.39 is 0 Å². The van der Waals surface area contributed by atoms with E-state index in [2.05, 4.69) is 27.5 Å². The molecule has 16 heavy (non-hydrogen) atoms. The second-order valence-corrected chi connectivity index (χ2v) is 5.03. The van der Waals surface area contributed by atoms with E-state index >= 15 is 0 Å². The van der Waals surface area contributed by atoms with Crippen LogP contribution in [0.25, 0.3) is 0 Å². The van der Waals surface area contributed by atoms with E-state index in [0.717, 1.165) is 12.2 Å². The molecule has 0 spiro atoms. The third-order valence-electron chi connectivity index (χ3n) is 3.73. The summed E-state index contributed by atoms with van der Waals surface area (Å²) in [5, 5.41) is 14.1. The fourth-order valence-corrected chi connectivity index (χ4v) is 2.44. The van der Waals surface area contributed by atoms with Crippen molar-refractivity contribution in [3.8, 4) is 0 Å². The van der Waals surface area contributed by atoms with Crippen LogP contribution in [0.5, 0.6) is 0 Å². The number of hydrogen-bond acceptors (Lipinski definition) is 4. The summed E-state index contributed by atoms with van der Waals surface area (Å²) in [5.74, 6) is 1.15. The standard InChI is InChI=1S/C11H21N5/c1-2-3-4-11(5-6-11)7-9(8-12)10-13-15-16-14-10/h9H,2-8,12H2,1H3,(H,13,14,15,16). The average Bonchev–Trinajstić information content (AvgIpc) is 2.85. The highest BCUT2D eigenvalue weighted by Gasteiger charge is 2.43. The molecule has 3 N–H and O–H groups in total. The van der Waals surface area contributed by atoms with Crippen LogP contribution in [-0.4, -0.2) is 27.2 Å². The van der Waals surface area contributed by atoms with Gasteiger partial charge in [-0.15, -0.1) is 5.10 Å². The van der Waals surface area contributed by atoms with Gasteiger partial charge in [-0.3, -0.25) is 0 Å². The Morgan fingerprint density at radius 2 is 2.31 bits per heavy atom. The highest BCUT2D eigenvalue weighted by molar-refractivity contribution is 5.02. The molecule has 5 nitrogen and oxygen atoms in total. The lowest BCUT2D eigenvalue weighted by Crippen LogP contribution is -2.18. The van der Waals surface area contributed by atoms with Crippen LogP contribution in [0.1, 0.15) is 57.2 Å². The van der Waals surface area contributed by atoms with Gasteiger partial charge in [0, 0.05) is 12.5 Å². The van der Waals surface area contributed by atoms with Crippen LogP contribution >= 0.6 is 0 Å². The number of nitrogens with zero attached hydrogens (tertiary/aromatic N) is 3. The summed E-state index contributed by atoms with van der Waals surface area (Å²) in [4.78, 5) is 0. The number of H-pyrrole nitrogens is 1. The quantitative estimate of drug-likeness (QED) is 0.735. The lowest BCUT2D eigenvalue weighted by Gasteiger charge is -2.19. The van der Waals surface area contributed by atoms with Crippen LogP contribution in [0.2, 0.25) is 0 Å². The van der Waals surface area contributed by atoms with Crippen molar-refractivity contribution in [1.29, 1.82) is 0 Å². The summed E-state index contributed by atoms with van der Waals surface area (Å²) in [6, 6.07) is 0. The minimum absolute atomic E-state index is 0.300. The summed E-state index contributed by atoms with van der Waals surface area (Å²) < 4.78 is 0. The predicted molar refractivity (Wildman–Crippen MR) is 61.8 cm³/mol. The summed E-state index contributed by atoms with van der Waals surface area (Å²) in [5.41, 5.74) is 6.36. The lowest BCUT2D eigenvalue weighted by molar-refractivity contribution is 0.369. The Morgan fingerprint density at radius 3 is 2.81 bits per heavy atom. The van der Waals surface area contributed by atoms with Crippen LogP contribution in [0.15, 0.2) is 0 Å². The van der Waals surface area contributed by atoms with Gasteiger partial charge in [0.1, 0.15) is 0 Å². The Bertz CT molecular complexity index is 304. The molecule has 0 radical (unpaired) electrons. The van der Waals surface area contributed by atoms with Gasteiger partial charge in [-0.05, 0) is 41.5 Å². The monoisotopic (exact) mass is 223 g/mol. The molecule has 0 amide bonds. The first-order valence-electron chi connectivity index (χ1n) is 6.23. The Morgan fingerprint density at radius 1 is 1.50 bits per heavy atom. The number of nitrogens with two attached hydrogens (primary N) is 1. The van der Waals surface area contributed by atoms with Gasteiger partial charge in [0.2, 0.25) is 0 Å². The molecule has 1 aliphatic rings. The fourth-order valence-electron chi connectivity index (χ4n) is 2.44. The van der Waals surface area contributed by atoms with Gasteiger partial charge >= 0.3 is 0 Å². The molecule has 1 fully saturated rings. The van der Waals surface area contributed by atoms with Crippen LogP contribution < -0.4 is 5.73 Å². The topological polar surface area (TPSA) is 80.5 Å². The summed E-state index contributed by atoms with van der Waals surface area (Å²) in [6.07, 6.45) is 7.78. The molecule has 1 aromatic rings. The molecule has 1 heterocycles. The highest BCUT2D eigenvalue weighted by atomic mass is 15.5. The third kappa shape index (κ3) is 2.58. The van der Waals surface area contributed by atoms with Crippen LogP contribution in [-0.2, 0) is 0 Å². The maximum Gasteiger partial charge on any atom is 0.152 e. The lowest BCUT2D eigenvalue weighted by atomic mass is 9.87. The summed E-state index contributed by atoms with van der Waals surface area (Å²) in [6.45, 7) is 2.88. The number of nitrogens with one attached hydrogen (secondary N) is 1. The Kier molecular flexibility index (Phi) is 3.53. The van der Waals surface area contributed by atoms with Crippen LogP contribution in [0.4, 0.5) is 0 Å². The van der Waals surface area contributed by atoms with Gasteiger partial charge in [0.25, 0.3) is 0 Å². The van der Waals surface area contributed by atoms with Crippen molar-refractivity contribution >= 4 is 0 Å². The fraction of sp³-hybridized carbons (Fsp3) is 0.909. The minimum Gasteiger partial charge on any atom is -0.330 e. The summed E-state index contributed by atoms with van der Waals surface area (Å²) >= 11 is 0. The van der Waals surface area contributed by atoms with Crippen molar-refractivity contribution < 1.29 is 0 Å². The second-order valence-electron chi connectivity index (χ2n) is 5.03. The zero-order chi connectivity index (χ0) is 11.4. The van der Waals surface area contributed by atoms with Gasteiger partial charge < -0.3 is 5.73 Å². The molecule has 1 atom stereocenters. The van der Waals surface area contributed by atoms with Gasteiger partial charge in [0.05, 0.1) is 0 Å². The number of tetrazole rings is 1. The maximum absolute atomic E-state index is 5.81. The highest BCUT2D eigenvalue weighted by Crippen LogP contribution is 2.55. The Hall–Kier alpha value is -0.970. The van der Waals surface area contributed by atoms with Crippen LogP contribution in [0.3, 0.4) is 0 Å². The normalized spacial score (nSPS) is 19.6. The number of aromatic amines is 1. The smallest absolute Gasteiger partial charge is 0.152 e. The average molecular weight is 223 g/mol. The Labute approximate surface area is 96.2 Å². The van der Waals surface area contributed by atoms with Crippen molar-refractivity contribution in [3.63, 3.8) is 0 Å². The number of rotatable bonds is 7. The molecule has 5 heteroatoms. The summed E-state index contributed by atoms with van der Waals surface area (Å²) in [7, 11) is 0. The van der Waals surface area contributed by atoms with Gasteiger partial charge in [-0.25, -0.2) is 5.10 Å². The molecular weight excluding hydrogens is 202 g/mol. The molecular formula is C11H21N5. The van der Waals surface area contributed by atoms with E-state index in [1.54, 1.807) is 0 Å². The SMILES string of the molecule is CCCCC1(CC(CN)c2nnn[nH]2)CC1. The zero-order valence-corrected chi connectivity index (χ0v) is 9.95. The predicted octanol–water partition coefficient (Wildman–Crippen LogP) is 1.60. The number of unbranched alkanes of at least 4 members (excludes halogenated alkanes) is 1. The minimum atomic E-state index is 0.300.